The average Bonchev–Trinajstić information content (AvgIpc) is 2.68. The van der Waals surface area contributed by atoms with Gasteiger partial charge in [-0.25, -0.2) is 21.6 Å². The Balaban J connectivity index is 1.57. The number of nitrogens with zero attached hydrogens (tertiary/aromatic N) is 1. The van der Waals surface area contributed by atoms with Crippen molar-refractivity contribution in [3.63, 3.8) is 0 Å². The molecule has 3 rings (SSSR count). The van der Waals surface area contributed by atoms with Gasteiger partial charge in [0.05, 0.1) is 4.90 Å². The van der Waals surface area contributed by atoms with Crippen LogP contribution < -0.4 is 5.32 Å². The molecule has 1 heterocycles. The van der Waals surface area contributed by atoms with Crippen molar-refractivity contribution in [3.8, 4) is 0 Å². The van der Waals surface area contributed by atoms with Gasteiger partial charge in [-0.05, 0) is 48.7 Å². The molecule has 28 heavy (non-hydrogen) atoms. The van der Waals surface area contributed by atoms with E-state index in [1.807, 2.05) is 0 Å². The summed E-state index contributed by atoms with van der Waals surface area (Å²) in [5, 5.41) is 2.73. The molecule has 1 aliphatic heterocycles. The first-order valence-corrected chi connectivity index (χ1v) is 10.2. The molecule has 0 saturated carbocycles. The highest BCUT2D eigenvalue weighted by atomic mass is 32.2. The fourth-order valence-corrected chi connectivity index (χ4v) is 4.61. The van der Waals surface area contributed by atoms with Crippen molar-refractivity contribution in [2.75, 3.05) is 13.1 Å². The maximum atomic E-state index is 13.4. The van der Waals surface area contributed by atoms with Crippen molar-refractivity contribution in [2.24, 2.45) is 5.92 Å². The number of carbonyl (C=O) groups excluding carboxylic acids is 1. The summed E-state index contributed by atoms with van der Waals surface area (Å²) in [7, 11) is -3.96. The molecule has 0 radical (unpaired) electrons. The molecule has 5 nitrogen and oxygen atoms in total. The standard InChI is InChI=1S/C19H19F3N2O3S/c20-15-3-1-2-13(10-15)12-23-19(25)14-6-8-24(9-7-14)28(26,27)16-4-5-17(21)18(22)11-16/h1-5,10-11,14H,6-9,12H2,(H,23,25). The lowest BCUT2D eigenvalue weighted by Crippen LogP contribution is -2.42. The molecule has 0 atom stereocenters. The molecule has 1 N–H and O–H groups in total. The Kier molecular flexibility index (Phi) is 6.04. The lowest BCUT2D eigenvalue weighted by Gasteiger charge is -2.30. The SMILES string of the molecule is O=C(NCc1cccc(F)c1)C1CCN(S(=O)(=O)c2ccc(F)c(F)c2)CC1. The molecule has 9 heteroatoms. The number of carbonyl (C=O) groups is 1. The third kappa shape index (κ3) is 4.53. The van der Waals surface area contributed by atoms with E-state index in [1.165, 1.54) is 12.1 Å². The Morgan fingerprint density at radius 2 is 1.75 bits per heavy atom. The van der Waals surface area contributed by atoms with E-state index in [9.17, 15) is 26.4 Å². The molecular weight excluding hydrogens is 393 g/mol. The number of piperidine rings is 1. The smallest absolute Gasteiger partial charge is 0.243 e. The Morgan fingerprint density at radius 3 is 2.39 bits per heavy atom. The molecule has 0 bridgehead atoms. The van der Waals surface area contributed by atoms with Gasteiger partial charge in [0.2, 0.25) is 15.9 Å². The fraction of sp³-hybridized carbons (Fsp3) is 0.316. The molecule has 0 unspecified atom stereocenters. The summed E-state index contributed by atoms with van der Waals surface area (Å²) in [6.45, 7) is 0.378. The van der Waals surface area contributed by atoms with E-state index in [0.29, 0.717) is 24.5 Å². The lowest BCUT2D eigenvalue weighted by atomic mass is 9.97. The minimum atomic E-state index is -3.96. The lowest BCUT2D eigenvalue weighted by molar-refractivity contribution is -0.126. The van der Waals surface area contributed by atoms with Crippen LogP contribution in [0.1, 0.15) is 18.4 Å². The van der Waals surface area contributed by atoms with Crippen LogP contribution in [0, 0.1) is 23.4 Å². The molecule has 0 aliphatic carbocycles. The number of halogens is 3. The van der Waals surface area contributed by atoms with Gasteiger partial charge in [-0.15, -0.1) is 0 Å². The van der Waals surface area contributed by atoms with Crippen LogP contribution in [-0.2, 0) is 21.4 Å². The van der Waals surface area contributed by atoms with Gasteiger partial charge in [-0.3, -0.25) is 4.79 Å². The minimum Gasteiger partial charge on any atom is -0.352 e. The van der Waals surface area contributed by atoms with Crippen LogP contribution in [0.2, 0.25) is 0 Å². The average molecular weight is 412 g/mol. The van der Waals surface area contributed by atoms with Crippen LogP contribution >= 0.6 is 0 Å². The van der Waals surface area contributed by atoms with E-state index in [-0.39, 0.29) is 42.2 Å². The topological polar surface area (TPSA) is 66.5 Å². The number of sulfonamides is 1. The molecule has 0 spiro atoms. The van der Waals surface area contributed by atoms with Gasteiger partial charge in [0.1, 0.15) is 5.82 Å². The van der Waals surface area contributed by atoms with Gasteiger partial charge in [0.25, 0.3) is 0 Å². The van der Waals surface area contributed by atoms with Gasteiger partial charge >= 0.3 is 0 Å². The predicted octanol–water partition coefficient (Wildman–Crippen LogP) is 2.82. The van der Waals surface area contributed by atoms with E-state index in [1.54, 1.807) is 12.1 Å². The van der Waals surface area contributed by atoms with Crippen LogP contribution in [0.5, 0.6) is 0 Å². The first-order valence-electron chi connectivity index (χ1n) is 8.75. The quantitative estimate of drug-likeness (QED) is 0.821. The summed E-state index contributed by atoms with van der Waals surface area (Å²) < 4.78 is 65.9. The molecule has 1 saturated heterocycles. The van der Waals surface area contributed by atoms with Crippen molar-refractivity contribution in [1.29, 1.82) is 0 Å². The van der Waals surface area contributed by atoms with Crippen molar-refractivity contribution >= 4 is 15.9 Å². The molecule has 1 amide bonds. The van der Waals surface area contributed by atoms with E-state index >= 15 is 0 Å². The summed E-state index contributed by atoms with van der Waals surface area (Å²) in [5.74, 6) is -3.33. The zero-order valence-electron chi connectivity index (χ0n) is 14.9. The number of benzene rings is 2. The molecule has 1 fully saturated rings. The maximum Gasteiger partial charge on any atom is 0.243 e. The highest BCUT2D eigenvalue weighted by molar-refractivity contribution is 7.89. The van der Waals surface area contributed by atoms with Crippen LogP contribution in [0.3, 0.4) is 0 Å². The highest BCUT2D eigenvalue weighted by Gasteiger charge is 2.32. The van der Waals surface area contributed by atoms with E-state index in [2.05, 4.69) is 5.32 Å². The fourth-order valence-electron chi connectivity index (χ4n) is 3.13. The van der Waals surface area contributed by atoms with Crippen molar-refractivity contribution in [2.45, 2.75) is 24.3 Å². The van der Waals surface area contributed by atoms with E-state index in [0.717, 1.165) is 16.4 Å². The number of hydrogen-bond donors (Lipinski definition) is 1. The minimum absolute atomic E-state index is 0.0966. The monoisotopic (exact) mass is 412 g/mol. The molecular formula is C19H19F3N2O3S. The highest BCUT2D eigenvalue weighted by Crippen LogP contribution is 2.25. The molecule has 1 aliphatic rings. The molecule has 150 valence electrons. The van der Waals surface area contributed by atoms with Crippen LogP contribution in [0.4, 0.5) is 13.2 Å². The largest absolute Gasteiger partial charge is 0.352 e. The second-order valence-corrected chi connectivity index (χ2v) is 8.54. The van der Waals surface area contributed by atoms with Gasteiger partial charge < -0.3 is 5.32 Å². The second kappa shape index (κ2) is 8.32. The third-order valence-electron chi connectivity index (χ3n) is 4.71. The van der Waals surface area contributed by atoms with Crippen molar-refractivity contribution in [3.05, 3.63) is 65.5 Å². The summed E-state index contributed by atoms with van der Waals surface area (Å²) in [5.41, 5.74) is 0.631. The maximum absolute atomic E-state index is 13.4. The van der Waals surface area contributed by atoms with Gasteiger partial charge in [0, 0.05) is 25.6 Å². The Hall–Kier alpha value is -2.39. The Bertz CT molecular complexity index is 974. The summed E-state index contributed by atoms with van der Waals surface area (Å²) in [6, 6.07) is 8.34. The zero-order valence-corrected chi connectivity index (χ0v) is 15.7. The van der Waals surface area contributed by atoms with E-state index in [4.69, 9.17) is 0 Å². The number of hydrogen-bond acceptors (Lipinski definition) is 3. The number of rotatable bonds is 5. The number of amides is 1. The predicted molar refractivity (Wildman–Crippen MR) is 96.1 cm³/mol. The Labute approximate surface area is 161 Å². The Morgan fingerprint density at radius 1 is 1.04 bits per heavy atom. The van der Waals surface area contributed by atoms with Gasteiger partial charge in [-0.2, -0.15) is 4.31 Å². The molecule has 2 aromatic carbocycles. The van der Waals surface area contributed by atoms with Crippen molar-refractivity contribution < 1.29 is 26.4 Å². The third-order valence-corrected chi connectivity index (χ3v) is 6.60. The molecule has 0 aromatic heterocycles. The van der Waals surface area contributed by atoms with Gasteiger partial charge in [0.15, 0.2) is 11.6 Å². The molecule has 2 aromatic rings. The van der Waals surface area contributed by atoms with Gasteiger partial charge in [-0.1, -0.05) is 12.1 Å². The summed E-state index contributed by atoms with van der Waals surface area (Å²) in [6.07, 6.45) is 0.607. The second-order valence-electron chi connectivity index (χ2n) is 6.60. The van der Waals surface area contributed by atoms with E-state index < -0.39 is 21.7 Å². The summed E-state index contributed by atoms with van der Waals surface area (Å²) in [4.78, 5) is 12.0. The first-order chi connectivity index (χ1) is 13.3. The van der Waals surface area contributed by atoms with Crippen LogP contribution in [-0.4, -0.2) is 31.7 Å². The zero-order chi connectivity index (χ0) is 20.3. The van der Waals surface area contributed by atoms with Crippen LogP contribution in [0.25, 0.3) is 0 Å². The van der Waals surface area contributed by atoms with Crippen molar-refractivity contribution in [1.82, 2.24) is 9.62 Å². The van der Waals surface area contributed by atoms with Crippen LogP contribution in [0.15, 0.2) is 47.4 Å². The summed E-state index contributed by atoms with van der Waals surface area (Å²) >= 11 is 0. The normalized spacial score (nSPS) is 16.1. The first kappa shape index (κ1) is 20.3. The number of nitrogens with one attached hydrogen (secondary N) is 1.